The van der Waals surface area contributed by atoms with E-state index in [-0.39, 0.29) is 21.2 Å². The van der Waals surface area contributed by atoms with Crippen molar-refractivity contribution in [3.05, 3.63) is 93.7 Å². The number of hydrogen-bond donors (Lipinski definition) is 2. The van der Waals surface area contributed by atoms with E-state index in [1.807, 2.05) is 6.07 Å². The highest BCUT2D eigenvalue weighted by molar-refractivity contribution is 7.85. The van der Waals surface area contributed by atoms with Crippen molar-refractivity contribution < 1.29 is 30.9 Å². The highest BCUT2D eigenvalue weighted by Gasteiger charge is 2.37. The molecule has 2 N–H and O–H groups in total. The van der Waals surface area contributed by atoms with Crippen molar-refractivity contribution in [1.29, 1.82) is 0 Å². The molecule has 1 fully saturated rings. The molecule has 1 aliphatic rings. The Morgan fingerprint density at radius 3 is 2.28 bits per heavy atom. The minimum atomic E-state index is -4.49. The Morgan fingerprint density at radius 1 is 0.930 bits per heavy atom. The number of aromatic nitrogens is 2. The van der Waals surface area contributed by atoms with Crippen LogP contribution >= 0.6 is 11.6 Å². The predicted molar refractivity (Wildman–Crippen MR) is 158 cm³/mol. The molecular weight excluding hydrogens is 609 g/mol. The molecule has 1 saturated heterocycles. The number of nitrogens with one attached hydrogen (secondary N) is 1. The van der Waals surface area contributed by atoms with Crippen molar-refractivity contribution in [2.45, 2.75) is 23.9 Å². The number of halogens is 4. The Hall–Kier alpha value is -3.65. The van der Waals surface area contributed by atoms with Crippen molar-refractivity contribution in [2.24, 2.45) is 0 Å². The van der Waals surface area contributed by atoms with Gasteiger partial charge in [-0.25, -0.2) is 0 Å². The zero-order valence-electron chi connectivity index (χ0n) is 22.9. The lowest BCUT2D eigenvalue weighted by atomic mass is 10.1. The number of nitrogens with zero attached hydrogens (tertiary/aromatic N) is 3. The van der Waals surface area contributed by atoms with E-state index in [1.165, 1.54) is 30.3 Å². The summed E-state index contributed by atoms with van der Waals surface area (Å²) in [4.78, 5) is 22.3. The van der Waals surface area contributed by atoms with Gasteiger partial charge >= 0.3 is 6.18 Å². The van der Waals surface area contributed by atoms with Gasteiger partial charge in [-0.05, 0) is 55.8 Å². The first-order valence-corrected chi connectivity index (χ1v) is 15.2. The monoisotopic (exact) mass is 638 g/mol. The number of H-pyrrole nitrogens is 1. The van der Waals surface area contributed by atoms with Crippen LogP contribution in [0.25, 0.3) is 11.0 Å². The van der Waals surface area contributed by atoms with Crippen molar-refractivity contribution in [1.82, 2.24) is 14.9 Å². The third-order valence-electron chi connectivity index (χ3n) is 6.70. The highest BCUT2D eigenvalue weighted by Crippen LogP contribution is 2.41. The molecule has 230 valence electrons. The van der Waals surface area contributed by atoms with E-state index >= 15 is 0 Å². The molecule has 9 nitrogen and oxygen atoms in total. The molecule has 0 radical (unpaired) electrons. The van der Waals surface area contributed by atoms with Gasteiger partial charge in [0.15, 0.2) is 0 Å². The molecule has 3 heterocycles. The molecule has 2 aromatic heterocycles. The number of rotatable bonds is 8. The van der Waals surface area contributed by atoms with Crippen LogP contribution in [0.5, 0.6) is 5.88 Å². The molecule has 0 unspecified atom stereocenters. The van der Waals surface area contributed by atoms with Gasteiger partial charge in [0.05, 0.1) is 27.8 Å². The Morgan fingerprint density at radius 2 is 1.63 bits per heavy atom. The zero-order valence-corrected chi connectivity index (χ0v) is 24.5. The number of piperazine rings is 1. The Balaban J connectivity index is 0.000000359. The fourth-order valence-electron chi connectivity index (χ4n) is 4.57. The Labute approximate surface area is 251 Å². The fraction of sp³-hybridized carbons (Fsp3) is 0.310. The fourth-order valence-corrected chi connectivity index (χ4v) is 5.34. The standard InChI is InChI=1S/C23H24ClF3N4O2.C6H6O3S/c24-17-4-3-5-18(21(17)23(25,26)27)31-13-11-30(12-14-31)10-1-2-15-33-20-9-7-16-6-8-19(32)28-22(16)29-20;7-10(8,9)6-4-2-1-3-5-6/h3-9H,1-2,10-15H2,(H,28,29,32);1-5H,(H,7,8,9). The molecule has 0 bridgehead atoms. The van der Waals surface area contributed by atoms with Gasteiger partial charge in [-0.2, -0.15) is 26.6 Å². The van der Waals surface area contributed by atoms with Gasteiger partial charge < -0.3 is 14.6 Å². The summed E-state index contributed by atoms with van der Waals surface area (Å²) in [6.45, 7) is 3.73. The van der Waals surface area contributed by atoms with E-state index in [0.717, 1.165) is 24.8 Å². The van der Waals surface area contributed by atoms with Crippen LogP contribution in [0, 0.1) is 0 Å². The lowest BCUT2D eigenvalue weighted by Crippen LogP contribution is -2.47. The van der Waals surface area contributed by atoms with Gasteiger partial charge in [0, 0.05) is 43.7 Å². The first-order valence-electron chi connectivity index (χ1n) is 13.4. The molecule has 14 heteroatoms. The number of benzene rings is 2. The minimum Gasteiger partial charge on any atom is -0.478 e. The normalized spacial score (nSPS) is 14.3. The third kappa shape index (κ3) is 9.17. The maximum absolute atomic E-state index is 13.4. The average molecular weight is 639 g/mol. The largest absolute Gasteiger partial charge is 0.478 e. The van der Waals surface area contributed by atoms with E-state index in [9.17, 15) is 26.4 Å². The number of hydrogen-bond acceptors (Lipinski definition) is 7. The van der Waals surface area contributed by atoms with Crippen LogP contribution in [-0.2, 0) is 16.3 Å². The van der Waals surface area contributed by atoms with Crippen molar-refractivity contribution in [3.8, 4) is 5.88 Å². The maximum atomic E-state index is 13.4. The molecule has 1 aliphatic heterocycles. The van der Waals surface area contributed by atoms with Gasteiger partial charge in [-0.3, -0.25) is 14.2 Å². The van der Waals surface area contributed by atoms with Crippen LogP contribution in [0.1, 0.15) is 18.4 Å². The first kappa shape index (κ1) is 32.3. The molecule has 0 aliphatic carbocycles. The van der Waals surface area contributed by atoms with E-state index in [0.29, 0.717) is 44.3 Å². The lowest BCUT2D eigenvalue weighted by Gasteiger charge is -2.37. The highest BCUT2D eigenvalue weighted by atomic mass is 35.5. The van der Waals surface area contributed by atoms with Crippen LogP contribution < -0.4 is 15.2 Å². The summed E-state index contributed by atoms with van der Waals surface area (Å²) in [5.41, 5.74) is -0.334. The summed E-state index contributed by atoms with van der Waals surface area (Å²) in [6.07, 6.45) is -2.77. The molecular formula is C29H30ClF3N4O5S. The summed E-state index contributed by atoms with van der Waals surface area (Å²) in [5, 5.41) is 0.566. The summed E-state index contributed by atoms with van der Waals surface area (Å²) in [6, 6.07) is 18.5. The van der Waals surface area contributed by atoms with Crippen LogP contribution in [0.4, 0.5) is 18.9 Å². The van der Waals surface area contributed by atoms with Crippen molar-refractivity contribution in [3.63, 3.8) is 0 Å². The second kappa shape index (κ2) is 14.2. The molecule has 4 aromatic rings. The van der Waals surface area contributed by atoms with E-state index in [2.05, 4.69) is 14.9 Å². The van der Waals surface area contributed by atoms with Crippen LogP contribution in [0.3, 0.4) is 0 Å². The summed E-state index contributed by atoms with van der Waals surface area (Å²) in [7, 11) is -4.00. The van der Waals surface area contributed by atoms with Crippen LogP contribution in [-0.4, -0.2) is 67.2 Å². The molecule has 0 saturated carbocycles. The van der Waals surface area contributed by atoms with Crippen molar-refractivity contribution >= 4 is 38.4 Å². The van der Waals surface area contributed by atoms with Crippen LogP contribution in [0.2, 0.25) is 5.02 Å². The molecule has 0 atom stereocenters. The average Bonchev–Trinajstić information content (AvgIpc) is 2.97. The smallest absolute Gasteiger partial charge is 0.419 e. The minimum absolute atomic E-state index is 0.0741. The van der Waals surface area contributed by atoms with Crippen molar-refractivity contribution in [2.75, 3.05) is 44.2 Å². The van der Waals surface area contributed by atoms with Gasteiger partial charge in [-0.15, -0.1) is 0 Å². The number of unbranched alkanes of at least 4 members (excludes halogenated alkanes) is 1. The number of ether oxygens (including phenoxy) is 1. The van der Waals surface area contributed by atoms with E-state index in [1.54, 1.807) is 41.3 Å². The van der Waals surface area contributed by atoms with Gasteiger partial charge in [-0.1, -0.05) is 35.9 Å². The molecule has 0 spiro atoms. The maximum Gasteiger partial charge on any atom is 0.419 e. The predicted octanol–water partition coefficient (Wildman–Crippen LogP) is 5.51. The third-order valence-corrected chi connectivity index (χ3v) is 7.89. The number of anilines is 1. The van der Waals surface area contributed by atoms with Gasteiger partial charge in [0.25, 0.3) is 10.1 Å². The Kier molecular flexibility index (Phi) is 10.7. The second-order valence-electron chi connectivity index (χ2n) is 9.71. The summed E-state index contributed by atoms with van der Waals surface area (Å²) < 4.78 is 75.3. The molecule has 5 rings (SSSR count). The SMILES string of the molecule is O=S(=O)(O)c1ccccc1.O=c1ccc2ccc(OCCCCN3CCN(c4cccc(Cl)c4C(F)(F)F)CC3)nc2[nH]1. The van der Waals surface area contributed by atoms with Gasteiger partial charge in [0.1, 0.15) is 5.65 Å². The number of fused-ring (bicyclic) bond motifs is 1. The lowest BCUT2D eigenvalue weighted by molar-refractivity contribution is -0.137. The summed E-state index contributed by atoms with van der Waals surface area (Å²) >= 11 is 5.85. The topological polar surface area (TPSA) is 116 Å². The second-order valence-corrected chi connectivity index (χ2v) is 11.5. The molecule has 2 aromatic carbocycles. The quantitative estimate of drug-likeness (QED) is 0.192. The van der Waals surface area contributed by atoms with Gasteiger partial charge in [0.2, 0.25) is 11.4 Å². The molecule has 43 heavy (non-hydrogen) atoms. The summed E-state index contributed by atoms with van der Waals surface area (Å²) in [5.74, 6) is 0.458. The number of alkyl halides is 3. The first-order chi connectivity index (χ1) is 20.4. The Bertz CT molecular complexity index is 1680. The van der Waals surface area contributed by atoms with Crippen LogP contribution in [0.15, 0.2) is 82.5 Å². The number of pyridine rings is 2. The molecule has 0 amide bonds. The van der Waals surface area contributed by atoms with E-state index in [4.69, 9.17) is 20.9 Å². The number of aromatic amines is 1. The van der Waals surface area contributed by atoms with E-state index < -0.39 is 21.9 Å². The zero-order chi connectivity index (χ0) is 31.0.